The zero-order chi connectivity index (χ0) is 9.94. The number of nitrogens with two attached hydrogens (primary N) is 1. The first-order valence-corrected chi connectivity index (χ1v) is 6.63. The van der Waals surface area contributed by atoms with E-state index in [1.165, 1.54) is 12.5 Å². The molecule has 0 fully saturated rings. The second kappa shape index (κ2) is 13.3. The molecule has 6 heteroatoms. The lowest BCUT2D eigenvalue weighted by atomic mass is 10.5. The average Bonchev–Trinajstić information content (AvgIpc) is 2.17. The van der Waals surface area contributed by atoms with Crippen molar-refractivity contribution in [1.82, 2.24) is 5.32 Å². The standard InChI is InChI=1S/C8H22N2O2Si.H4Si/c1-11-8(12-2)13-7-3-5-10-6-4-9;/h8,10H,3-7,9,13H2,1-2H3;1H4. The van der Waals surface area contributed by atoms with Gasteiger partial charge in [0.25, 0.3) is 0 Å². The molecular formula is C8H26N2O2Si2. The lowest BCUT2D eigenvalue weighted by Gasteiger charge is -2.12. The summed E-state index contributed by atoms with van der Waals surface area (Å²) < 4.78 is 10.3. The van der Waals surface area contributed by atoms with E-state index in [0.29, 0.717) is 0 Å². The Kier molecular flexibility index (Phi) is 15.8. The Morgan fingerprint density at radius 3 is 2.43 bits per heavy atom. The number of hydrogen-bond donors (Lipinski definition) is 2. The van der Waals surface area contributed by atoms with Gasteiger partial charge in [-0.3, -0.25) is 0 Å². The molecule has 0 amide bonds. The van der Waals surface area contributed by atoms with Crippen molar-refractivity contribution in [2.45, 2.75) is 18.4 Å². The largest absolute Gasteiger partial charge is 0.360 e. The first kappa shape index (κ1) is 16.7. The maximum atomic E-state index is 5.34. The Morgan fingerprint density at radius 1 is 1.29 bits per heavy atom. The Labute approximate surface area is 93.8 Å². The van der Waals surface area contributed by atoms with Crippen LogP contribution in [0.25, 0.3) is 0 Å². The van der Waals surface area contributed by atoms with Crippen LogP contribution in [0.3, 0.4) is 0 Å². The van der Waals surface area contributed by atoms with E-state index in [0.717, 1.165) is 19.6 Å². The Hall–Kier alpha value is 0.274. The molecule has 3 N–H and O–H groups in total. The van der Waals surface area contributed by atoms with E-state index >= 15 is 0 Å². The molecule has 0 rings (SSSR count). The Balaban J connectivity index is 0. The van der Waals surface area contributed by atoms with Gasteiger partial charge in [0.15, 0.2) is 0 Å². The average molecular weight is 238 g/mol. The minimum Gasteiger partial charge on any atom is -0.360 e. The molecular weight excluding hydrogens is 212 g/mol. The highest BCUT2D eigenvalue weighted by Gasteiger charge is 2.03. The van der Waals surface area contributed by atoms with Gasteiger partial charge in [-0.25, -0.2) is 0 Å². The SMILES string of the molecule is COC(OC)[SiH2]CCCNCCN.[SiH4]. The van der Waals surface area contributed by atoms with Gasteiger partial charge in [-0.1, -0.05) is 6.04 Å². The Bertz CT molecular complexity index is 105. The summed E-state index contributed by atoms with van der Waals surface area (Å²) in [7, 11) is 3.18. The van der Waals surface area contributed by atoms with Crippen LogP contribution in [0.1, 0.15) is 6.42 Å². The molecule has 4 nitrogen and oxygen atoms in total. The van der Waals surface area contributed by atoms with Crippen molar-refractivity contribution in [2.24, 2.45) is 5.73 Å². The van der Waals surface area contributed by atoms with E-state index in [9.17, 15) is 0 Å². The molecule has 0 radical (unpaired) electrons. The van der Waals surface area contributed by atoms with Crippen molar-refractivity contribution in [3.05, 3.63) is 0 Å². The first-order chi connectivity index (χ1) is 6.35. The van der Waals surface area contributed by atoms with Gasteiger partial charge in [0.05, 0.1) is 9.52 Å². The summed E-state index contributed by atoms with van der Waals surface area (Å²) in [5.74, 6) is 0.0921. The second-order valence-corrected chi connectivity index (χ2v) is 4.89. The molecule has 0 saturated heterocycles. The van der Waals surface area contributed by atoms with Gasteiger partial charge in [-0.05, 0) is 23.9 Å². The maximum absolute atomic E-state index is 5.34. The van der Waals surface area contributed by atoms with Crippen molar-refractivity contribution >= 4 is 20.5 Å². The van der Waals surface area contributed by atoms with Crippen LogP contribution in [0.5, 0.6) is 0 Å². The fourth-order valence-corrected chi connectivity index (χ4v) is 2.46. The van der Waals surface area contributed by atoms with Crippen molar-refractivity contribution in [1.29, 1.82) is 0 Å². The molecule has 0 bridgehead atoms. The van der Waals surface area contributed by atoms with Crippen LogP contribution in [0.4, 0.5) is 0 Å². The van der Waals surface area contributed by atoms with Crippen molar-refractivity contribution < 1.29 is 9.47 Å². The predicted octanol–water partition coefficient (Wildman–Crippen LogP) is -2.36. The van der Waals surface area contributed by atoms with Gasteiger partial charge in [-0.2, -0.15) is 0 Å². The van der Waals surface area contributed by atoms with E-state index in [4.69, 9.17) is 15.2 Å². The molecule has 0 aromatic heterocycles. The van der Waals surface area contributed by atoms with Gasteiger partial charge in [0.2, 0.25) is 0 Å². The molecule has 0 spiro atoms. The van der Waals surface area contributed by atoms with Crippen LogP contribution in [0.2, 0.25) is 6.04 Å². The summed E-state index contributed by atoms with van der Waals surface area (Å²) >= 11 is 0. The molecule has 0 heterocycles. The third-order valence-electron chi connectivity index (χ3n) is 1.89. The van der Waals surface area contributed by atoms with E-state index < -0.39 is 0 Å². The van der Waals surface area contributed by atoms with Gasteiger partial charge in [0.1, 0.15) is 5.91 Å². The summed E-state index contributed by atoms with van der Waals surface area (Å²) in [5, 5.41) is 3.26. The van der Waals surface area contributed by atoms with Crippen LogP contribution in [-0.2, 0) is 9.47 Å². The third kappa shape index (κ3) is 10.4. The quantitative estimate of drug-likeness (QED) is 0.268. The molecule has 0 unspecified atom stereocenters. The lowest BCUT2D eigenvalue weighted by molar-refractivity contribution is -0.0441. The summed E-state index contributed by atoms with van der Waals surface area (Å²) in [6.07, 6.45) is 1.20. The van der Waals surface area contributed by atoms with Gasteiger partial charge in [0, 0.05) is 27.3 Å². The van der Waals surface area contributed by atoms with E-state index in [1.807, 2.05) is 0 Å². The predicted molar refractivity (Wildman–Crippen MR) is 69.0 cm³/mol. The maximum Gasteiger partial charge on any atom is 0.134 e. The van der Waals surface area contributed by atoms with E-state index in [1.54, 1.807) is 14.2 Å². The summed E-state index contributed by atoms with van der Waals surface area (Å²) in [6.45, 7) is 2.69. The monoisotopic (exact) mass is 238 g/mol. The molecule has 0 saturated carbocycles. The fraction of sp³-hybridized carbons (Fsp3) is 1.00. The molecule has 0 aliphatic carbocycles. The molecule has 88 valence electrons. The molecule has 0 aliphatic heterocycles. The first-order valence-electron chi connectivity index (χ1n) is 4.81. The van der Waals surface area contributed by atoms with Crippen LogP contribution < -0.4 is 11.1 Å². The highest BCUT2D eigenvalue weighted by atomic mass is 28.2. The van der Waals surface area contributed by atoms with Crippen LogP contribution in [0, 0.1) is 0 Å². The Morgan fingerprint density at radius 2 is 1.93 bits per heavy atom. The van der Waals surface area contributed by atoms with Crippen molar-refractivity contribution in [3.8, 4) is 0 Å². The molecule has 0 aliphatic rings. The second-order valence-electron chi connectivity index (χ2n) is 2.94. The molecule has 0 aromatic rings. The fourth-order valence-electron chi connectivity index (χ4n) is 1.12. The minimum absolute atomic E-state index is 0. The van der Waals surface area contributed by atoms with Crippen LogP contribution in [0.15, 0.2) is 0 Å². The lowest BCUT2D eigenvalue weighted by Crippen LogP contribution is -2.25. The topological polar surface area (TPSA) is 56.5 Å². The van der Waals surface area contributed by atoms with Crippen LogP contribution >= 0.6 is 0 Å². The van der Waals surface area contributed by atoms with Gasteiger partial charge < -0.3 is 20.5 Å². The molecule has 0 aromatic carbocycles. The number of rotatable bonds is 9. The summed E-state index contributed by atoms with van der Waals surface area (Å²) in [6, 6.07) is 1.25. The normalized spacial score (nSPS) is 11.1. The number of nitrogens with one attached hydrogen (secondary N) is 1. The van der Waals surface area contributed by atoms with E-state index in [2.05, 4.69) is 5.32 Å². The summed E-state index contributed by atoms with van der Waals surface area (Å²) in [4.78, 5) is 0. The van der Waals surface area contributed by atoms with Crippen molar-refractivity contribution in [2.75, 3.05) is 33.9 Å². The number of hydrogen-bond acceptors (Lipinski definition) is 4. The zero-order valence-corrected chi connectivity index (χ0v) is 10.1. The summed E-state index contributed by atoms with van der Waals surface area (Å²) in [5.41, 5.74) is 5.34. The number of methoxy groups -OCH3 is 2. The minimum atomic E-state index is -0.225. The van der Waals surface area contributed by atoms with Gasteiger partial charge >= 0.3 is 0 Å². The third-order valence-corrected chi connectivity index (χ3v) is 3.94. The van der Waals surface area contributed by atoms with Crippen LogP contribution in [-0.4, -0.2) is 60.3 Å². The smallest absolute Gasteiger partial charge is 0.134 e. The van der Waals surface area contributed by atoms with E-state index in [-0.39, 0.29) is 26.4 Å². The van der Waals surface area contributed by atoms with Crippen molar-refractivity contribution in [3.63, 3.8) is 0 Å². The molecule has 14 heavy (non-hydrogen) atoms. The number of ether oxygens (including phenoxy) is 2. The zero-order valence-electron chi connectivity index (χ0n) is 8.71. The highest BCUT2D eigenvalue weighted by Crippen LogP contribution is 1.94. The van der Waals surface area contributed by atoms with Gasteiger partial charge in [-0.15, -0.1) is 0 Å². The molecule has 0 atom stereocenters. The highest BCUT2D eigenvalue weighted by molar-refractivity contribution is 6.36.